The minimum absolute atomic E-state index is 0.506. The van der Waals surface area contributed by atoms with E-state index in [0.717, 1.165) is 17.6 Å². The van der Waals surface area contributed by atoms with Gasteiger partial charge in [-0.15, -0.1) is 0 Å². The monoisotopic (exact) mass is 270 g/mol. The van der Waals surface area contributed by atoms with Gasteiger partial charge >= 0.3 is 0 Å². The minimum Gasteiger partial charge on any atom is -0.307 e. The Balaban J connectivity index is 2.53. The molecule has 0 aliphatic heterocycles. The molecule has 0 saturated carbocycles. The molecular formula is C12H19BrN2. The molecule has 0 aliphatic rings. The third-order valence-corrected chi connectivity index (χ3v) is 3.32. The molecule has 0 amide bonds. The zero-order valence-electron chi connectivity index (χ0n) is 9.63. The summed E-state index contributed by atoms with van der Waals surface area (Å²) in [5.41, 5.74) is 2.39. The van der Waals surface area contributed by atoms with Crippen molar-refractivity contribution in [2.24, 2.45) is 5.92 Å². The van der Waals surface area contributed by atoms with Crippen LogP contribution in [0.25, 0.3) is 0 Å². The van der Waals surface area contributed by atoms with E-state index >= 15 is 0 Å². The number of hydrogen-bond donors (Lipinski definition) is 1. The fourth-order valence-electron chi connectivity index (χ4n) is 1.40. The molecule has 1 N–H and O–H groups in total. The number of hydrogen-bond acceptors (Lipinski definition) is 2. The first kappa shape index (κ1) is 12.7. The molecule has 2 nitrogen and oxygen atoms in total. The molecule has 3 heteroatoms. The van der Waals surface area contributed by atoms with E-state index in [4.69, 9.17) is 0 Å². The molecule has 0 radical (unpaired) electrons. The van der Waals surface area contributed by atoms with E-state index in [1.165, 1.54) is 5.56 Å². The maximum absolute atomic E-state index is 4.37. The van der Waals surface area contributed by atoms with Crippen molar-refractivity contribution in [2.75, 3.05) is 5.33 Å². The normalized spacial score (nSPS) is 13.1. The van der Waals surface area contributed by atoms with Gasteiger partial charge in [-0.25, -0.2) is 0 Å². The highest BCUT2D eigenvalue weighted by molar-refractivity contribution is 9.09. The minimum atomic E-state index is 0.506. The number of rotatable bonds is 5. The zero-order chi connectivity index (χ0) is 11.3. The molecule has 0 saturated heterocycles. The Hall–Kier alpha value is -0.410. The molecule has 0 aliphatic carbocycles. The molecule has 84 valence electrons. The summed E-state index contributed by atoms with van der Waals surface area (Å²) in [6.07, 6.45) is 1.85. The third-order valence-electron chi connectivity index (χ3n) is 2.62. The van der Waals surface area contributed by atoms with Gasteiger partial charge in [-0.05, 0) is 24.5 Å². The number of halogens is 1. The van der Waals surface area contributed by atoms with Gasteiger partial charge in [0.15, 0.2) is 0 Å². The van der Waals surface area contributed by atoms with Crippen molar-refractivity contribution >= 4 is 15.9 Å². The number of aryl methyl sites for hydroxylation is 1. The summed E-state index contributed by atoms with van der Waals surface area (Å²) in [5.74, 6) is 0.633. The molecule has 0 bridgehead atoms. The summed E-state index contributed by atoms with van der Waals surface area (Å²) >= 11 is 3.53. The molecule has 1 aromatic rings. The summed E-state index contributed by atoms with van der Waals surface area (Å²) in [6, 6.07) is 4.58. The summed E-state index contributed by atoms with van der Waals surface area (Å²) in [4.78, 5) is 4.37. The van der Waals surface area contributed by atoms with E-state index in [1.807, 2.05) is 12.3 Å². The van der Waals surface area contributed by atoms with Crippen LogP contribution in [0.15, 0.2) is 18.3 Å². The summed E-state index contributed by atoms with van der Waals surface area (Å²) in [5, 5.41) is 4.50. The highest BCUT2D eigenvalue weighted by Gasteiger charge is 2.11. The van der Waals surface area contributed by atoms with E-state index in [-0.39, 0.29) is 0 Å². The molecule has 1 heterocycles. The Morgan fingerprint density at radius 1 is 1.47 bits per heavy atom. The maximum atomic E-state index is 4.37. The van der Waals surface area contributed by atoms with Crippen LogP contribution in [0.5, 0.6) is 0 Å². The smallest absolute Gasteiger partial charge is 0.0570 e. The molecule has 15 heavy (non-hydrogen) atoms. The molecule has 0 aromatic carbocycles. The van der Waals surface area contributed by atoms with Gasteiger partial charge in [-0.1, -0.05) is 35.8 Å². The van der Waals surface area contributed by atoms with Crippen LogP contribution >= 0.6 is 15.9 Å². The van der Waals surface area contributed by atoms with Gasteiger partial charge in [0.25, 0.3) is 0 Å². The zero-order valence-corrected chi connectivity index (χ0v) is 11.2. The summed E-state index contributed by atoms with van der Waals surface area (Å²) in [6.45, 7) is 7.40. The first-order valence-corrected chi connectivity index (χ1v) is 6.47. The fourth-order valence-corrected chi connectivity index (χ4v) is 2.38. The van der Waals surface area contributed by atoms with Gasteiger partial charge in [-0.3, -0.25) is 4.98 Å². The standard InChI is InChI=1S/C12H19BrN2/c1-9(2)11(7-13)15-8-12-10(3)5-4-6-14-12/h4-6,9,11,15H,7-8H2,1-3H3. The van der Waals surface area contributed by atoms with Crippen LogP contribution < -0.4 is 5.32 Å². The topological polar surface area (TPSA) is 24.9 Å². The third kappa shape index (κ3) is 3.92. The Kier molecular flexibility index (Phi) is 5.26. The van der Waals surface area contributed by atoms with Crippen LogP contribution in [0.3, 0.4) is 0 Å². The van der Waals surface area contributed by atoms with E-state index in [1.54, 1.807) is 0 Å². The highest BCUT2D eigenvalue weighted by atomic mass is 79.9. The second-order valence-corrected chi connectivity index (χ2v) is 4.80. The Morgan fingerprint density at radius 3 is 2.73 bits per heavy atom. The van der Waals surface area contributed by atoms with Crippen LogP contribution in [0, 0.1) is 12.8 Å². The number of nitrogens with one attached hydrogen (secondary N) is 1. The lowest BCUT2D eigenvalue weighted by Gasteiger charge is -2.20. The molecule has 1 unspecified atom stereocenters. The Labute approximate surface area is 101 Å². The first-order valence-electron chi connectivity index (χ1n) is 5.35. The molecule has 1 aromatic heterocycles. The summed E-state index contributed by atoms with van der Waals surface area (Å²) in [7, 11) is 0. The van der Waals surface area contributed by atoms with Crippen molar-refractivity contribution in [3.63, 3.8) is 0 Å². The number of pyridine rings is 1. The Morgan fingerprint density at radius 2 is 2.20 bits per heavy atom. The van der Waals surface area contributed by atoms with E-state index in [2.05, 4.69) is 53.1 Å². The lowest BCUT2D eigenvalue weighted by Crippen LogP contribution is -2.35. The quantitative estimate of drug-likeness (QED) is 0.833. The van der Waals surface area contributed by atoms with Crippen LogP contribution in [0.4, 0.5) is 0 Å². The molecule has 0 fully saturated rings. The first-order chi connectivity index (χ1) is 7.15. The lowest BCUT2D eigenvalue weighted by molar-refractivity contribution is 0.431. The predicted molar refractivity (Wildman–Crippen MR) is 68.2 cm³/mol. The average Bonchev–Trinajstić information content (AvgIpc) is 2.21. The number of aromatic nitrogens is 1. The van der Waals surface area contributed by atoms with Gasteiger partial charge < -0.3 is 5.32 Å². The number of nitrogens with zero attached hydrogens (tertiary/aromatic N) is 1. The lowest BCUT2D eigenvalue weighted by atomic mass is 10.1. The van der Waals surface area contributed by atoms with Gasteiger partial charge in [0.2, 0.25) is 0 Å². The van der Waals surface area contributed by atoms with Gasteiger partial charge in [0.05, 0.1) is 5.69 Å². The molecular weight excluding hydrogens is 252 g/mol. The van der Waals surface area contributed by atoms with Gasteiger partial charge in [0, 0.05) is 24.1 Å². The van der Waals surface area contributed by atoms with Crippen molar-refractivity contribution < 1.29 is 0 Å². The van der Waals surface area contributed by atoms with Crippen LogP contribution in [0.1, 0.15) is 25.1 Å². The van der Waals surface area contributed by atoms with Crippen LogP contribution in [-0.4, -0.2) is 16.4 Å². The van der Waals surface area contributed by atoms with Crippen molar-refractivity contribution in [2.45, 2.75) is 33.4 Å². The largest absolute Gasteiger partial charge is 0.307 e. The van der Waals surface area contributed by atoms with E-state index < -0.39 is 0 Å². The average molecular weight is 271 g/mol. The van der Waals surface area contributed by atoms with Crippen LogP contribution in [0.2, 0.25) is 0 Å². The van der Waals surface area contributed by atoms with Crippen molar-refractivity contribution in [3.8, 4) is 0 Å². The summed E-state index contributed by atoms with van der Waals surface area (Å²) < 4.78 is 0. The predicted octanol–water partition coefficient (Wildman–Crippen LogP) is 2.90. The van der Waals surface area contributed by atoms with E-state index in [0.29, 0.717) is 12.0 Å². The SMILES string of the molecule is Cc1cccnc1CNC(CBr)C(C)C. The van der Waals surface area contributed by atoms with Crippen molar-refractivity contribution in [1.29, 1.82) is 0 Å². The Bertz CT molecular complexity index is 299. The van der Waals surface area contributed by atoms with E-state index in [9.17, 15) is 0 Å². The maximum Gasteiger partial charge on any atom is 0.0570 e. The number of alkyl halides is 1. The molecule has 1 atom stereocenters. The highest BCUT2D eigenvalue weighted by Crippen LogP contribution is 2.07. The van der Waals surface area contributed by atoms with Gasteiger partial charge in [-0.2, -0.15) is 0 Å². The van der Waals surface area contributed by atoms with Crippen LogP contribution in [-0.2, 0) is 6.54 Å². The molecule has 1 rings (SSSR count). The fraction of sp³-hybridized carbons (Fsp3) is 0.583. The van der Waals surface area contributed by atoms with Gasteiger partial charge in [0.1, 0.15) is 0 Å². The van der Waals surface area contributed by atoms with Crippen molar-refractivity contribution in [1.82, 2.24) is 10.3 Å². The second kappa shape index (κ2) is 6.23. The molecule has 0 spiro atoms. The van der Waals surface area contributed by atoms with Crippen molar-refractivity contribution in [3.05, 3.63) is 29.6 Å². The second-order valence-electron chi connectivity index (χ2n) is 4.15.